The van der Waals surface area contributed by atoms with Crippen molar-refractivity contribution in [3.63, 3.8) is 0 Å². The lowest BCUT2D eigenvalue weighted by atomic mass is 10.1. The molecule has 0 radical (unpaired) electrons. The lowest BCUT2D eigenvalue weighted by Crippen LogP contribution is -2.34. The summed E-state index contributed by atoms with van der Waals surface area (Å²) < 4.78 is 36.5. The summed E-state index contributed by atoms with van der Waals surface area (Å²) in [5.74, 6) is -0.683. The van der Waals surface area contributed by atoms with Crippen LogP contribution in [0.25, 0.3) is 0 Å². The molecule has 1 aromatic carbocycles. The van der Waals surface area contributed by atoms with Crippen LogP contribution in [0.2, 0.25) is 0 Å². The van der Waals surface area contributed by atoms with Gasteiger partial charge in [0.1, 0.15) is 5.82 Å². The second kappa shape index (κ2) is 6.32. The maximum absolute atomic E-state index is 13.4. The fraction of sp³-hybridized carbons (Fsp3) is 0.500. The van der Waals surface area contributed by atoms with Gasteiger partial charge < -0.3 is 4.90 Å². The van der Waals surface area contributed by atoms with Crippen LogP contribution in [0.4, 0.5) is 4.39 Å². The fourth-order valence-corrected chi connectivity index (χ4v) is 3.25. The first kappa shape index (κ1) is 16.2. The van der Waals surface area contributed by atoms with Gasteiger partial charge in [-0.25, -0.2) is 12.8 Å². The Bertz CT molecular complexity index is 644. The SMILES string of the molecule is CCCN(CC1CC1)C(=O)c1cc(F)ccc1S(=O)(=O)Cl. The summed E-state index contributed by atoms with van der Waals surface area (Å²) in [6, 6.07) is 2.95. The molecule has 0 spiro atoms. The Morgan fingerprint density at radius 2 is 2.10 bits per heavy atom. The molecule has 1 aromatic rings. The molecule has 1 fully saturated rings. The summed E-state index contributed by atoms with van der Waals surface area (Å²) in [6.07, 6.45) is 2.88. The van der Waals surface area contributed by atoms with Crippen molar-refractivity contribution >= 4 is 25.6 Å². The van der Waals surface area contributed by atoms with Gasteiger partial charge in [0.05, 0.1) is 10.5 Å². The topological polar surface area (TPSA) is 54.5 Å². The Morgan fingerprint density at radius 3 is 2.62 bits per heavy atom. The normalized spacial score (nSPS) is 15.0. The summed E-state index contributed by atoms with van der Waals surface area (Å²) in [7, 11) is 1.24. The number of benzene rings is 1. The van der Waals surface area contributed by atoms with Crippen molar-refractivity contribution in [3.05, 3.63) is 29.6 Å². The Labute approximate surface area is 128 Å². The number of nitrogens with zero attached hydrogens (tertiary/aromatic N) is 1. The van der Waals surface area contributed by atoms with E-state index in [9.17, 15) is 17.6 Å². The lowest BCUT2D eigenvalue weighted by molar-refractivity contribution is 0.0743. The van der Waals surface area contributed by atoms with Gasteiger partial charge in [-0.3, -0.25) is 4.79 Å². The van der Waals surface area contributed by atoms with Crippen molar-refractivity contribution in [1.29, 1.82) is 0 Å². The monoisotopic (exact) mass is 333 g/mol. The average molecular weight is 334 g/mol. The number of hydrogen-bond donors (Lipinski definition) is 0. The second-order valence-electron chi connectivity index (χ2n) is 5.27. The molecular weight excluding hydrogens is 317 g/mol. The quantitative estimate of drug-likeness (QED) is 0.752. The number of amides is 1. The zero-order valence-corrected chi connectivity index (χ0v) is 13.3. The molecule has 4 nitrogen and oxygen atoms in total. The van der Waals surface area contributed by atoms with Gasteiger partial charge in [0.15, 0.2) is 0 Å². The van der Waals surface area contributed by atoms with Gasteiger partial charge >= 0.3 is 0 Å². The highest BCUT2D eigenvalue weighted by Gasteiger charge is 2.29. The van der Waals surface area contributed by atoms with Crippen molar-refractivity contribution in [3.8, 4) is 0 Å². The van der Waals surface area contributed by atoms with Crippen LogP contribution in [0.1, 0.15) is 36.5 Å². The molecule has 0 aromatic heterocycles. The predicted octanol–water partition coefficient (Wildman–Crippen LogP) is 3.02. The number of rotatable bonds is 6. The predicted molar refractivity (Wildman–Crippen MR) is 78.4 cm³/mol. The van der Waals surface area contributed by atoms with E-state index in [0.29, 0.717) is 19.0 Å². The summed E-state index contributed by atoms with van der Waals surface area (Å²) in [6.45, 7) is 3.01. The van der Waals surface area contributed by atoms with Crippen LogP contribution in [-0.2, 0) is 9.05 Å². The van der Waals surface area contributed by atoms with Crippen LogP contribution in [0, 0.1) is 11.7 Å². The molecule has 0 aliphatic heterocycles. The van der Waals surface area contributed by atoms with E-state index in [0.717, 1.165) is 37.5 Å². The Morgan fingerprint density at radius 1 is 1.43 bits per heavy atom. The standard InChI is InChI=1S/C14H17ClFNO3S/c1-2-7-17(9-10-3-4-10)14(18)12-8-11(16)5-6-13(12)21(15,19)20/h5-6,8,10H,2-4,7,9H2,1H3. The number of carbonyl (C=O) groups is 1. The van der Waals surface area contributed by atoms with E-state index in [1.807, 2.05) is 6.92 Å². The second-order valence-corrected chi connectivity index (χ2v) is 7.81. The maximum atomic E-state index is 13.4. The molecule has 0 heterocycles. The van der Waals surface area contributed by atoms with Crippen molar-refractivity contribution in [2.45, 2.75) is 31.1 Å². The lowest BCUT2D eigenvalue weighted by Gasteiger charge is -2.23. The molecule has 2 rings (SSSR count). The van der Waals surface area contributed by atoms with Crippen LogP contribution in [0.15, 0.2) is 23.1 Å². The van der Waals surface area contributed by atoms with Crippen LogP contribution >= 0.6 is 10.7 Å². The van der Waals surface area contributed by atoms with Crippen LogP contribution in [0.5, 0.6) is 0 Å². The van der Waals surface area contributed by atoms with E-state index >= 15 is 0 Å². The minimum Gasteiger partial charge on any atom is -0.338 e. The van der Waals surface area contributed by atoms with Crippen molar-refractivity contribution in [2.75, 3.05) is 13.1 Å². The zero-order valence-electron chi connectivity index (χ0n) is 11.7. The minimum atomic E-state index is -4.10. The van der Waals surface area contributed by atoms with Gasteiger partial charge in [0.2, 0.25) is 0 Å². The molecule has 0 saturated heterocycles. The molecule has 1 saturated carbocycles. The van der Waals surface area contributed by atoms with Gasteiger partial charge in [-0.15, -0.1) is 0 Å². The molecular formula is C14H17ClFNO3S. The van der Waals surface area contributed by atoms with E-state index in [1.165, 1.54) is 0 Å². The molecule has 116 valence electrons. The first-order chi connectivity index (χ1) is 9.82. The van der Waals surface area contributed by atoms with Gasteiger partial charge in [-0.1, -0.05) is 6.92 Å². The van der Waals surface area contributed by atoms with E-state index in [2.05, 4.69) is 0 Å². The highest BCUT2D eigenvalue weighted by atomic mass is 35.7. The van der Waals surface area contributed by atoms with E-state index in [4.69, 9.17) is 10.7 Å². The summed E-state index contributed by atoms with van der Waals surface area (Å²) in [5.41, 5.74) is -0.195. The van der Waals surface area contributed by atoms with Crippen LogP contribution in [0.3, 0.4) is 0 Å². The molecule has 7 heteroatoms. The van der Waals surface area contributed by atoms with Crippen LogP contribution < -0.4 is 0 Å². The maximum Gasteiger partial charge on any atom is 0.262 e. The minimum absolute atomic E-state index is 0.195. The van der Waals surface area contributed by atoms with Crippen molar-refractivity contribution in [2.24, 2.45) is 5.92 Å². The third-order valence-corrected chi connectivity index (χ3v) is 4.77. The van der Waals surface area contributed by atoms with Gasteiger partial charge in [0.25, 0.3) is 15.0 Å². The molecule has 0 atom stereocenters. The Balaban J connectivity index is 2.37. The van der Waals surface area contributed by atoms with Crippen molar-refractivity contribution < 1.29 is 17.6 Å². The van der Waals surface area contributed by atoms with Crippen LogP contribution in [-0.4, -0.2) is 32.3 Å². The average Bonchev–Trinajstić information content (AvgIpc) is 3.20. The molecule has 0 unspecified atom stereocenters. The molecule has 1 aliphatic carbocycles. The molecule has 0 N–H and O–H groups in total. The Kier molecular flexibility index (Phi) is 4.88. The van der Waals surface area contributed by atoms with E-state index in [-0.39, 0.29) is 10.5 Å². The number of halogens is 2. The molecule has 1 aliphatic rings. The molecule has 21 heavy (non-hydrogen) atoms. The van der Waals surface area contributed by atoms with E-state index < -0.39 is 20.8 Å². The van der Waals surface area contributed by atoms with E-state index in [1.54, 1.807) is 4.90 Å². The Hall–Kier alpha value is -1.14. The third-order valence-electron chi connectivity index (χ3n) is 3.39. The van der Waals surface area contributed by atoms with Gasteiger partial charge in [0, 0.05) is 23.8 Å². The summed E-state index contributed by atoms with van der Waals surface area (Å²) >= 11 is 0. The summed E-state index contributed by atoms with van der Waals surface area (Å²) in [4.78, 5) is 13.8. The zero-order chi connectivity index (χ0) is 15.6. The number of hydrogen-bond acceptors (Lipinski definition) is 3. The van der Waals surface area contributed by atoms with Gasteiger partial charge in [-0.05, 0) is 43.4 Å². The summed E-state index contributed by atoms with van der Waals surface area (Å²) in [5, 5.41) is 0. The smallest absolute Gasteiger partial charge is 0.262 e. The largest absolute Gasteiger partial charge is 0.338 e. The van der Waals surface area contributed by atoms with Crippen molar-refractivity contribution in [1.82, 2.24) is 4.90 Å². The first-order valence-corrected chi connectivity index (χ1v) is 9.17. The highest BCUT2D eigenvalue weighted by molar-refractivity contribution is 8.13. The highest BCUT2D eigenvalue weighted by Crippen LogP contribution is 2.31. The third kappa shape index (κ3) is 4.17. The number of carbonyl (C=O) groups excluding carboxylic acids is 1. The molecule has 1 amide bonds. The van der Waals surface area contributed by atoms with Gasteiger partial charge in [-0.2, -0.15) is 0 Å². The first-order valence-electron chi connectivity index (χ1n) is 6.86. The molecule has 0 bridgehead atoms. The fourth-order valence-electron chi connectivity index (χ4n) is 2.21.